The number of fused-ring (bicyclic) bond motifs is 2. The molecule has 1 aliphatic heterocycles. The lowest BCUT2D eigenvalue weighted by Gasteiger charge is -2.50. The maximum Gasteiger partial charge on any atom is 0.122 e. The Morgan fingerprint density at radius 3 is 2.80 bits per heavy atom. The van der Waals surface area contributed by atoms with Gasteiger partial charge in [-0.3, -0.25) is 0 Å². The van der Waals surface area contributed by atoms with Crippen LogP contribution in [0.1, 0.15) is 33.1 Å². The van der Waals surface area contributed by atoms with Crippen molar-refractivity contribution in [3.8, 4) is 0 Å². The van der Waals surface area contributed by atoms with Gasteiger partial charge in [-0.1, -0.05) is 18.2 Å². The van der Waals surface area contributed by atoms with Crippen LogP contribution in [0.3, 0.4) is 0 Å². The molecule has 2 aliphatic rings. The van der Waals surface area contributed by atoms with E-state index < -0.39 is 5.60 Å². The quantitative estimate of drug-likeness (QED) is 0.685. The van der Waals surface area contributed by atoms with Crippen molar-refractivity contribution in [1.82, 2.24) is 0 Å². The summed E-state index contributed by atoms with van der Waals surface area (Å²) in [7, 11) is 0. The average molecular weight is 294 g/mol. The predicted molar refractivity (Wildman–Crippen MR) is 79.5 cm³/mol. The molecule has 2 fully saturated rings. The molecule has 3 rings (SSSR count). The van der Waals surface area contributed by atoms with Crippen LogP contribution >= 0.6 is 11.8 Å². The molecule has 2 bridgehead atoms. The van der Waals surface area contributed by atoms with E-state index in [1.54, 1.807) is 11.8 Å². The highest BCUT2D eigenvalue weighted by Gasteiger charge is 2.51. The standard InChI is InChI=1S/C16H22O3S/c1-15(17)9-8-12-10-14(15)18-19-16(12,2)11-20-13-6-4-3-5-7-13/h3-7,12,14,17H,8-11H2,1-2H3/t12-,14-,15-,16?/m1/s1. The summed E-state index contributed by atoms with van der Waals surface area (Å²) < 4.78 is 0. The molecule has 1 aliphatic carbocycles. The number of aliphatic hydroxyl groups is 1. The molecule has 4 heteroatoms. The van der Waals surface area contributed by atoms with Crippen LogP contribution in [0.4, 0.5) is 0 Å². The van der Waals surface area contributed by atoms with Gasteiger partial charge in [0.2, 0.25) is 0 Å². The maximum atomic E-state index is 10.3. The Morgan fingerprint density at radius 1 is 1.30 bits per heavy atom. The zero-order chi connectivity index (χ0) is 14.2. The molecule has 3 nitrogen and oxygen atoms in total. The van der Waals surface area contributed by atoms with Crippen LogP contribution in [0.5, 0.6) is 0 Å². The average Bonchev–Trinajstić information content (AvgIpc) is 2.45. The Kier molecular flexibility index (Phi) is 3.84. The lowest BCUT2D eigenvalue weighted by molar-refractivity contribution is -0.441. The molecule has 1 aromatic rings. The summed E-state index contributed by atoms with van der Waals surface area (Å²) >= 11 is 1.80. The van der Waals surface area contributed by atoms with E-state index >= 15 is 0 Å². The van der Waals surface area contributed by atoms with Gasteiger partial charge in [0.25, 0.3) is 0 Å². The number of thioether (sulfide) groups is 1. The van der Waals surface area contributed by atoms with Gasteiger partial charge in [-0.2, -0.15) is 0 Å². The first kappa shape index (κ1) is 14.4. The van der Waals surface area contributed by atoms with Crippen molar-refractivity contribution in [2.24, 2.45) is 5.92 Å². The van der Waals surface area contributed by atoms with E-state index in [0.717, 1.165) is 25.0 Å². The first-order valence-electron chi connectivity index (χ1n) is 7.24. The normalized spacial score (nSPS) is 40.5. The number of benzene rings is 1. The van der Waals surface area contributed by atoms with Crippen LogP contribution in [0.25, 0.3) is 0 Å². The molecular formula is C16H22O3S. The monoisotopic (exact) mass is 294 g/mol. The van der Waals surface area contributed by atoms with Crippen LogP contribution in [0, 0.1) is 5.92 Å². The van der Waals surface area contributed by atoms with Gasteiger partial charge in [0.15, 0.2) is 0 Å². The molecule has 0 aromatic heterocycles. The number of hydrogen-bond acceptors (Lipinski definition) is 4. The van der Waals surface area contributed by atoms with Crippen molar-refractivity contribution in [3.05, 3.63) is 30.3 Å². The topological polar surface area (TPSA) is 38.7 Å². The van der Waals surface area contributed by atoms with E-state index in [1.165, 1.54) is 4.90 Å². The summed E-state index contributed by atoms with van der Waals surface area (Å²) in [5.74, 6) is 1.33. The molecule has 1 heterocycles. The molecule has 1 saturated carbocycles. The second kappa shape index (κ2) is 5.34. The molecule has 0 spiro atoms. The van der Waals surface area contributed by atoms with Gasteiger partial charge < -0.3 is 5.11 Å². The summed E-state index contributed by atoms with van der Waals surface area (Å²) in [6, 6.07) is 10.4. The molecule has 20 heavy (non-hydrogen) atoms. The molecule has 1 unspecified atom stereocenters. The zero-order valence-electron chi connectivity index (χ0n) is 12.0. The van der Waals surface area contributed by atoms with Crippen LogP contribution in [-0.2, 0) is 9.78 Å². The fraction of sp³-hybridized carbons (Fsp3) is 0.625. The highest BCUT2D eigenvalue weighted by Crippen LogP contribution is 2.46. The SMILES string of the molecule is CC1(CSc2ccccc2)OO[C@@H]2C[C@H]1CC[C@@]2(C)O. The van der Waals surface area contributed by atoms with Gasteiger partial charge in [-0.05, 0) is 51.2 Å². The summed E-state index contributed by atoms with van der Waals surface area (Å²) in [6.45, 7) is 3.97. The minimum Gasteiger partial charge on any atom is -0.387 e. The largest absolute Gasteiger partial charge is 0.387 e. The molecule has 1 saturated heterocycles. The Bertz CT molecular complexity index is 462. The van der Waals surface area contributed by atoms with Gasteiger partial charge in [0.1, 0.15) is 11.7 Å². The summed E-state index contributed by atoms with van der Waals surface area (Å²) in [5.41, 5.74) is -1.02. The Balaban J connectivity index is 1.65. The van der Waals surface area contributed by atoms with Gasteiger partial charge in [0.05, 0.1) is 5.60 Å². The van der Waals surface area contributed by atoms with E-state index in [4.69, 9.17) is 9.78 Å². The van der Waals surface area contributed by atoms with Gasteiger partial charge in [-0.15, -0.1) is 11.8 Å². The van der Waals surface area contributed by atoms with E-state index in [1.807, 2.05) is 13.0 Å². The Hall–Kier alpha value is -0.550. The second-order valence-corrected chi connectivity index (χ2v) is 7.46. The van der Waals surface area contributed by atoms with Crippen molar-refractivity contribution >= 4 is 11.8 Å². The van der Waals surface area contributed by atoms with Gasteiger partial charge >= 0.3 is 0 Å². The molecule has 0 radical (unpaired) electrons. The predicted octanol–water partition coefficient (Wildman–Crippen LogP) is 3.42. The van der Waals surface area contributed by atoms with Crippen molar-refractivity contribution in [1.29, 1.82) is 0 Å². The molecule has 4 atom stereocenters. The fourth-order valence-corrected chi connectivity index (χ4v) is 4.16. The zero-order valence-corrected chi connectivity index (χ0v) is 12.9. The van der Waals surface area contributed by atoms with Crippen LogP contribution in [0.2, 0.25) is 0 Å². The Morgan fingerprint density at radius 2 is 2.05 bits per heavy atom. The summed E-state index contributed by atoms with van der Waals surface area (Å²) in [6.07, 6.45) is 2.49. The third-order valence-corrected chi connectivity index (χ3v) is 6.00. The third-order valence-electron chi connectivity index (χ3n) is 4.68. The minimum absolute atomic E-state index is 0.184. The second-order valence-electron chi connectivity index (χ2n) is 6.41. The van der Waals surface area contributed by atoms with Crippen LogP contribution < -0.4 is 0 Å². The molecular weight excluding hydrogens is 272 g/mol. The van der Waals surface area contributed by atoms with E-state index in [2.05, 4.69) is 31.2 Å². The smallest absolute Gasteiger partial charge is 0.122 e. The third kappa shape index (κ3) is 2.75. The summed E-state index contributed by atoms with van der Waals surface area (Å²) in [4.78, 5) is 12.5. The van der Waals surface area contributed by atoms with Gasteiger partial charge in [0, 0.05) is 10.6 Å². The van der Waals surface area contributed by atoms with Crippen molar-refractivity contribution < 1.29 is 14.9 Å². The highest BCUT2D eigenvalue weighted by atomic mass is 32.2. The number of rotatable bonds is 3. The molecule has 110 valence electrons. The summed E-state index contributed by atoms with van der Waals surface area (Å²) in [5, 5.41) is 10.3. The van der Waals surface area contributed by atoms with Crippen molar-refractivity contribution in [3.63, 3.8) is 0 Å². The lowest BCUT2D eigenvalue weighted by atomic mass is 9.71. The van der Waals surface area contributed by atoms with Gasteiger partial charge in [-0.25, -0.2) is 9.78 Å². The van der Waals surface area contributed by atoms with Crippen molar-refractivity contribution in [2.75, 3.05) is 5.75 Å². The number of hydrogen-bond donors (Lipinski definition) is 1. The maximum absolute atomic E-state index is 10.3. The molecule has 1 aromatic carbocycles. The van der Waals surface area contributed by atoms with Crippen LogP contribution in [-0.4, -0.2) is 28.2 Å². The first-order chi connectivity index (χ1) is 9.50. The van der Waals surface area contributed by atoms with Crippen molar-refractivity contribution in [2.45, 2.75) is 55.3 Å². The van der Waals surface area contributed by atoms with E-state index in [9.17, 15) is 5.11 Å². The van der Waals surface area contributed by atoms with E-state index in [0.29, 0.717) is 5.92 Å². The molecule has 1 N–H and O–H groups in total. The van der Waals surface area contributed by atoms with Crippen LogP contribution in [0.15, 0.2) is 35.2 Å². The highest BCUT2D eigenvalue weighted by molar-refractivity contribution is 7.99. The minimum atomic E-state index is -0.746. The molecule has 0 amide bonds. The Labute approximate surface area is 124 Å². The first-order valence-corrected chi connectivity index (χ1v) is 8.23. The lowest BCUT2D eigenvalue weighted by Crippen LogP contribution is -2.57. The fourth-order valence-electron chi connectivity index (χ4n) is 3.08. The van der Waals surface area contributed by atoms with E-state index in [-0.39, 0.29) is 11.7 Å².